The SMILES string of the molecule is C[C@H]1CN(Cc2cccc(Cl)c2)[C@@H](C)CO1. The largest absolute Gasteiger partial charge is 0.376 e. The molecule has 0 unspecified atom stereocenters. The molecule has 0 aliphatic carbocycles. The molecule has 0 radical (unpaired) electrons. The fourth-order valence-electron chi connectivity index (χ4n) is 2.06. The summed E-state index contributed by atoms with van der Waals surface area (Å²) in [5.74, 6) is 0. The van der Waals surface area contributed by atoms with E-state index in [0.717, 1.165) is 24.7 Å². The van der Waals surface area contributed by atoms with Gasteiger partial charge >= 0.3 is 0 Å². The summed E-state index contributed by atoms with van der Waals surface area (Å²) in [6.07, 6.45) is 0.329. The van der Waals surface area contributed by atoms with Gasteiger partial charge in [0, 0.05) is 24.2 Å². The van der Waals surface area contributed by atoms with E-state index in [-0.39, 0.29) is 0 Å². The summed E-state index contributed by atoms with van der Waals surface area (Å²) in [5.41, 5.74) is 1.27. The van der Waals surface area contributed by atoms with Crippen molar-refractivity contribution in [3.63, 3.8) is 0 Å². The fraction of sp³-hybridized carbons (Fsp3) is 0.538. The van der Waals surface area contributed by atoms with Crippen LogP contribution in [0, 0.1) is 0 Å². The summed E-state index contributed by atoms with van der Waals surface area (Å²) in [5, 5.41) is 0.812. The Balaban J connectivity index is 2.02. The van der Waals surface area contributed by atoms with Gasteiger partial charge in [0.25, 0.3) is 0 Å². The summed E-state index contributed by atoms with van der Waals surface area (Å²) in [7, 11) is 0. The molecule has 1 aliphatic rings. The highest BCUT2D eigenvalue weighted by atomic mass is 35.5. The van der Waals surface area contributed by atoms with Crippen LogP contribution in [0.25, 0.3) is 0 Å². The lowest BCUT2D eigenvalue weighted by molar-refractivity contribution is -0.0526. The molecule has 3 heteroatoms. The second-order valence-corrected chi connectivity index (χ2v) is 4.99. The number of halogens is 1. The Hall–Kier alpha value is -0.570. The third-order valence-corrected chi connectivity index (χ3v) is 3.25. The lowest BCUT2D eigenvalue weighted by Crippen LogP contribution is -2.46. The van der Waals surface area contributed by atoms with E-state index in [1.807, 2.05) is 18.2 Å². The third-order valence-electron chi connectivity index (χ3n) is 3.01. The summed E-state index contributed by atoms with van der Waals surface area (Å²) in [6.45, 7) is 7.10. The van der Waals surface area contributed by atoms with E-state index in [9.17, 15) is 0 Å². The van der Waals surface area contributed by atoms with Gasteiger partial charge in [-0.25, -0.2) is 0 Å². The van der Waals surface area contributed by atoms with Crippen molar-refractivity contribution in [2.75, 3.05) is 13.2 Å². The second kappa shape index (κ2) is 5.17. The average Bonchev–Trinajstić information content (AvgIpc) is 2.24. The predicted molar refractivity (Wildman–Crippen MR) is 66.7 cm³/mol. The Labute approximate surface area is 102 Å². The van der Waals surface area contributed by atoms with Gasteiger partial charge in [-0.2, -0.15) is 0 Å². The number of hydrogen-bond acceptors (Lipinski definition) is 2. The van der Waals surface area contributed by atoms with E-state index in [1.165, 1.54) is 5.56 Å². The van der Waals surface area contributed by atoms with Crippen LogP contribution in [0.3, 0.4) is 0 Å². The van der Waals surface area contributed by atoms with E-state index in [0.29, 0.717) is 12.1 Å². The summed E-state index contributed by atoms with van der Waals surface area (Å²) in [6, 6.07) is 8.56. The van der Waals surface area contributed by atoms with Crippen molar-refractivity contribution in [1.29, 1.82) is 0 Å². The van der Waals surface area contributed by atoms with Gasteiger partial charge in [0.2, 0.25) is 0 Å². The number of rotatable bonds is 2. The van der Waals surface area contributed by atoms with Crippen molar-refractivity contribution in [3.05, 3.63) is 34.9 Å². The molecule has 0 N–H and O–H groups in total. The van der Waals surface area contributed by atoms with Gasteiger partial charge in [0.1, 0.15) is 0 Å². The molecule has 88 valence electrons. The first kappa shape index (κ1) is 11.9. The van der Waals surface area contributed by atoms with Gasteiger partial charge in [-0.15, -0.1) is 0 Å². The molecular weight excluding hydrogens is 222 g/mol. The zero-order chi connectivity index (χ0) is 11.5. The van der Waals surface area contributed by atoms with E-state index >= 15 is 0 Å². The Morgan fingerprint density at radius 1 is 1.44 bits per heavy atom. The van der Waals surface area contributed by atoms with Crippen molar-refractivity contribution in [2.45, 2.75) is 32.5 Å². The van der Waals surface area contributed by atoms with Crippen LogP contribution in [0.4, 0.5) is 0 Å². The van der Waals surface area contributed by atoms with Gasteiger partial charge < -0.3 is 4.74 Å². The van der Waals surface area contributed by atoms with Crippen LogP contribution in [0.2, 0.25) is 5.02 Å². The summed E-state index contributed by atoms with van der Waals surface area (Å²) in [4.78, 5) is 2.44. The molecule has 2 rings (SSSR count). The normalized spacial score (nSPS) is 26.9. The molecule has 16 heavy (non-hydrogen) atoms. The zero-order valence-electron chi connectivity index (χ0n) is 9.82. The standard InChI is InChI=1S/C13H18ClNO/c1-10-9-16-11(2)7-15(10)8-12-4-3-5-13(14)6-12/h3-6,10-11H,7-9H2,1-2H3/t10-,11-/m0/s1. The molecule has 2 atom stereocenters. The van der Waals surface area contributed by atoms with Crippen molar-refractivity contribution in [1.82, 2.24) is 4.90 Å². The minimum Gasteiger partial charge on any atom is -0.376 e. The zero-order valence-corrected chi connectivity index (χ0v) is 10.6. The Morgan fingerprint density at radius 3 is 3.00 bits per heavy atom. The number of benzene rings is 1. The first-order valence-corrected chi connectivity index (χ1v) is 6.13. The molecular formula is C13H18ClNO. The minimum atomic E-state index is 0.329. The van der Waals surface area contributed by atoms with Gasteiger partial charge in [0.05, 0.1) is 12.7 Å². The molecule has 1 heterocycles. The average molecular weight is 240 g/mol. The second-order valence-electron chi connectivity index (χ2n) is 4.55. The maximum atomic E-state index is 5.98. The molecule has 1 aromatic carbocycles. The van der Waals surface area contributed by atoms with Crippen LogP contribution in [0.15, 0.2) is 24.3 Å². The smallest absolute Gasteiger partial charge is 0.0674 e. The molecule has 0 spiro atoms. The number of morpholine rings is 1. The Bertz CT molecular complexity index is 356. The number of nitrogens with zero attached hydrogens (tertiary/aromatic N) is 1. The van der Waals surface area contributed by atoms with E-state index in [2.05, 4.69) is 24.8 Å². The van der Waals surface area contributed by atoms with Crippen LogP contribution >= 0.6 is 11.6 Å². The first-order chi connectivity index (χ1) is 7.65. The van der Waals surface area contributed by atoms with Gasteiger partial charge in [-0.05, 0) is 31.5 Å². The van der Waals surface area contributed by atoms with Crippen LogP contribution in [0.5, 0.6) is 0 Å². The maximum absolute atomic E-state index is 5.98. The van der Waals surface area contributed by atoms with Crippen molar-refractivity contribution < 1.29 is 4.74 Å². The molecule has 1 aromatic rings. The Morgan fingerprint density at radius 2 is 2.25 bits per heavy atom. The van der Waals surface area contributed by atoms with E-state index in [4.69, 9.17) is 16.3 Å². The number of hydrogen-bond donors (Lipinski definition) is 0. The molecule has 0 amide bonds. The van der Waals surface area contributed by atoms with E-state index in [1.54, 1.807) is 0 Å². The molecule has 1 fully saturated rings. The van der Waals surface area contributed by atoms with Crippen molar-refractivity contribution >= 4 is 11.6 Å². The van der Waals surface area contributed by atoms with Crippen LogP contribution in [-0.2, 0) is 11.3 Å². The molecule has 0 aromatic heterocycles. The monoisotopic (exact) mass is 239 g/mol. The molecule has 0 saturated carbocycles. The van der Waals surface area contributed by atoms with Gasteiger partial charge in [-0.1, -0.05) is 23.7 Å². The predicted octanol–water partition coefficient (Wildman–Crippen LogP) is 2.95. The highest BCUT2D eigenvalue weighted by molar-refractivity contribution is 6.30. The molecule has 1 aliphatic heterocycles. The number of ether oxygens (including phenoxy) is 1. The molecule has 2 nitrogen and oxygen atoms in total. The highest BCUT2D eigenvalue weighted by Crippen LogP contribution is 2.17. The summed E-state index contributed by atoms with van der Waals surface area (Å²) < 4.78 is 5.61. The minimum absolute atomic E-state index is 0.329. The topological polar surface area (TPSA) is 12.5 Å². The highest BCUT2D eigenvalue weighted by Gasteiger charge is 2.23. The van der Waals surface area contributed by atoms with E-state index < -0.39 is 0 Å². The molecule has 0 bridgehead atoms. The first-order valence-electron chi connectivity index (χ1n) is 5.75. The van der Waals surface area contributed by atoms with Gasteiger partial charge in [-0.3, -0.25) is 4.90 Å². The summed E-state index contributed by atoms with van der Waals surface area (Å²) >= 11 is 5.98. The van der Waals surface area contributed by atoms with Crippen LogP contribution in [-0.4, -0.2) is 30.2 Å². The Kier molecular flexibility index (Phi) is 3.85. The fourth-order valence-corrected chi connectivity index (χ4v) is 2.27. The van der Waals surface area contributed by atoms with Crippen LogP contribution < -0.4 is 0 Å². The molecule has 1 saturated heterocycles. The third kappa shape index (κ3) is 2.97. The van der Waals surface area contributed by atoms with Crippen molar-refractivity contribution in [3.8, 4) is 0 Å². The van der Waals surface area contributed by atoms with Gasteiger partial charge in [0.15, 0.2) is 0 Å². The van der Waals surface area contributed by atoms with Crippen LogP contribution in [0.1, 0.15) is 19.4 Å². The quantitative estimate of drug-likeness (QED) is 0.787. The lowest BCUT2D eigenvalue weighted by Gasteiger charge is -2.36. The van der Waals surface area contributed by atoms with Crippen molar-refractivity contribution in [2.24, 2.45) is 0 Å². The lowest BCUT2D eigenvalue weighted by atomic mass is 10.1. The maximum Gasteiger partial charge on any atom is 0.0674 e.